The molecular formula is C19H26O5. The summed E-state index contributed by atoms with van der Waals surface area (Å²) in [6.07, 6.45) is 2.56. The molecule has 1 aliphatic carbocycles. The lowest BCUT2D eigenvalue weighted by Gasteiger charge is -2.31. The molecule has 1 heterocycles. The molecule has 0 radical (unpaired) electrons. The number of hydrogen-bond acceptors (Lipinski definition) is 5. The lowest BCUT2D eigenvalue weighted by Crippen LogP contribution is -2.35. The maximum atomic E-state index is 12.2. The molecule has 0 saturated carbocycles. The van der Waals surface area contributed by atoms with E-state index in [-0.39, 0.29) is 24.2 Å². The van der Waals surface area contributed by atoms with Gasteiger partial charge in [0.25, 0.3) is 0 Å². The van der Waals surface area contributed by atoms with Crippen molar-refractivity contribution < 1.29 is 24.9 Å². The van der Waals surface area contributed by atoms with E-state index in [2.05, 4.69) is 0 Å². The van der Waals surface area contributed by atoms with Gasteiger partial charge in [-0.15, -0.1) is 0 Å². The fourth-order valence-corrected chi connectivity index (χ4v) is 3.91. The molecule has 1 fully saturated rings. The van der Waals surface area contributed by atoms with Gasteiger partial charge in [-0.3, -0.25) is 4.79 Å². The lowest BCUT2D eigenvalue weighted by molar-refractivity contribution is -0.190. The Balaban J connectivity index is 1.47. The van der Waals surface area contributed by atoms with Crippen molar-refractivity contribution >= 4 is 5.78 Å². The number of ether oxygens (including phenoxy) is 1. The van der Waals surface area contributed by atoms with Crippen LogP contribution in [0.15, 0.2) is 24.3 Å². The SMILES string of the molecule is O=C1CC(CCCC[C@@H]2C[C@@H](O)C[C@@H](O)O2)C(O)c2ccccc21. The molecule has 5 nitrogen and oxygen atoms in total. The van der Waals surface area contributed by atoms with Crippen molar-refractivity contribution in [1.82, 2.24) is 0 Å². The van der Waals surface area contributed by atoms with E-state index in [1.165, 1.54) is 0 Å². The number of ketones is 1. The van der Waals surface area contributed by atoms with E-state index in [0.29, 0.717) is 18.4 Å². The first-order valence-corrected chi connectivity index (χ1v) is 8.86. The average Bonchev–Trinajstić information content (AvgIpc) is 2.55. The third-order valence-electron chi connectivity index (χ3n) is 5.18. The standard InChI is InChI=1S/C19H26O5/c20-13-10-14(24-18(22)11-13)6-2-1-5-12-9-17(21)15-7-3-4-8-16(15)19(12)23/h3-4,7-8,12-14,18-20,22-23H,1-2,5-6,9-11H2/t12?,13-,14-,18+,19?/m1/s1. The smallest absolute Gasteiger partial charge is 0.163 e. The van der Waals surface area contributed by atoms with Gasteiger partial charge in [0.2, 0.25) is 0 Å². The van der Waals surface area contributed by atoms with Gasteiger partial charge in [0.15, 0.2) is 12.1 Å². The van der Waals surface area contributed by atoms with E-state index in [1.807, 2.05) is 18.2 Å². The minimum atomic E-state index is -0.868. The Morgan fingerprint density at radius 3 is 2.58 bits per heavy atom. The van der Waals surface area contributed by atoms with Crippen molar-refractivity contribution in [3.05, 3.63) is 35.4 Å². The van der Waals surface area contributed by atoms with Gasteiger partial charge in [0, 0.05) is 18.4 Å². The molecule has 0 aromatic heterocycles. The zero-order valence-corrected chi connectivity index (χ0v) is 13.8. The van der Waals surface area contributed by atoms with E-state index in [1.54, 1.807) is 6.07 Å². The highest BCUT2D eigenvalue weighted by Gasteiger charge is 2.32. The highest BCUT2D eigenvalue weighted by molar-refractivity contribution is 5.98. The van der Waals surface area contributed by atoms with E-state index in [9.17, 15) is 20.1 Å². The van der Waals surface area contributed by atoms with Gasteiger partial charge in [0.05, 0.1) is 18.3 Å². The normalized spacial score (nSPS) is 33.3. The van der Waals surface area contributed by atoms with Crippen LogP contribution in [0.5, 0.6) is 0 Å². The Morgan fingerprint density at radius 1 is 1.04 bits per heavy atom. The summed E-state index contributed by atoms with van der Waals surface area (Å²) < 4.78 is 5.43. The molecule has 0 bridgehead atoms. The summed E-state index contributed by atoms with van der Waals surface area (Å²) in [5, 5.41) is 29.7. The molecule has 0 amide bonds. The fourth-order valence-electron chi connectivity index (χ4n) is 3.91. The topological polar surface area (TPSA) is 87.0 Å². The third kappa shape index (κ3) is 4.03. The van der Waals surface area contributed by atoms with Crippen LogP contribution in [0.3, 0.4) is 0 Å². The second-order valence-corrected chi connectivity index (χ2v) is 7.04. The molecule has 2 unspecified atom stereocenters. The van der Waals surface area contributed by atoms with Crippen molar-refractivity contribution in [3.8, 4) is 0 Å². The van der Waals surface area contributed by atoms with Crippen LogP contribution in [0.1, 0.15) is 67.0 Å². The van der Waals surface area contributed by atoms with Gasteiger partial charge in [-0.25, -0.2) is 0 Å². The Labute approximate surface area is 142 Å². The second kappa shape index (κ2) is 7.74. The highest BCUT2D eigenvalue weighted by Crippen LogP contribution is 2.37. The largest absolute Gasteiger partial charge is 0.393 e. The van der Waals surface area contributed by atoms with Crippen molar-refractivity contribution in [1.29, 1.82) is 0 Å². The van der Waals surface area contributed by atoms with Crippen LogP contribution in [0.2, 0.25) is 0 Å². The summed E-state index contributed by atoms with van der Waals surface area (Å²) >= 11 is 0. The molecular weight excluding hydrogens is 308 g/mol. The number of fused-ring (bicyclic) bond motifs is 1. The summed E-state index contributed by atoms with van der Waals surface area (Å²) in [6.45, 7) is 0. The number of unbranched alkanes of at least 4 members (excludes halogenated alkanes) is 1. The molecule has 1 saturated heterocycles. The summed E-state index contributed by atoms with van der Waals surface area (Å²) in [5.41, 5.74) is 1.40. The lowest BCUT2D eigenvalue weighted by atomic mass is 9.78. The predicted molar refractivity (Wildman–Crippen MR) is 88.4 cm³/mol. The Morgan fingerprint density at radius 2 is 1.79 bits per heavy atom. The van der Waals surface area contributed by atoms with Gasteiger partial charge in [-0.2, -0.15) is 0 Å². The molecule has 1 aromatic rings. The Kier molecular flexibility index (Phi) is 5.66. The van der Waals surface area contributed by atoms with Crippen molar-refractivity contribution in [3.63, 3.8) is 0 Å². The molecule has 1 aliphatic heterocycles. The van der Waals surface area contributed by atoms with Crippen LogP contribution in [0.25, 0.3) is 0 Å². The van der Waals surface area contributed by atoms with Crippen molar-refractivity contribution in [2.75, 3.05) is 0 Å². The molecule has 0 spiro atoms. The van der Waals surface area contributed by atoms with Crippen molar-refractivity contribution in [2.24, 2.45) is 5.92 Å². The first kappa shape index (κ1) is 17.5. The summed E-state index contributed by atoms with van der Waals surface area (Å²) in [5.74, 6) is 0.0820. The number of carbonyl (C=O) groups is 1. The van der Waals surface area contributed by atoms with Crippen LogP contribution in [0, 0.1) is 5.92 Å². The Bertz CT molecular complexity index is 563. The second-order valence-electron chi connectivity index (χ2n) is 7.04. The van der Waals surface area contributed by atoms with Crippen LogP contribution in [-0.4, -0.2) is 39.6 Å². The van der Waals surface area contributed by atoms with Gasteiger partial charge in [-0.05, 0) is 30.7 Å². The van der Waals surface area contributed by atoms with E-state index in [4.69, 9.17) is 4.74 Å². The van der Waals surface area contributed by atoms with Crippen LogP contribution in [-0.2, 0) is 4.74 Å². The van der Waals surface area contributed by atoms with Gasteiger partial charge in [0.1, 0.15) is 0 Å². The van der Waals surface area contributed by atoms with E-state index >= 15 is 0 Å². The van der Waals surface area contributed by atoms with Crippen LogP contribution >= 0.6 is 0 Å². The van der Waals surface area contributed by atoms with E-state index in [0.717, 1.165) is 31.2 Å². The number of benzene rings is 1. The fraction of sp³-hybridized carbons (Fsp3) is 0.632. The highest BCUT2D eigenvalue weighted by atomic mass is 16.6. The zero-order chi connectivity index (χ0) is 17.1. The third-order valence-corrected chi connectivity index (χ3v) is 5.18. The molecule has 1 aromatic carbocycles. The maximum absolute atomic E-state index is 12.2. The molecule has 2 aliphatic rings. The maximum Gasteiger partial charge on any atom is 0.163 e. The molecule has 3 rings (SSSR count). The number of rotatable bonds is 5. The molecule has 132 valence electrons. The number of hydrogen-bond donors (Lipinski definition) is 3. The van der Waals surface area contributed by atoms with Crippen LogP contribution < -0.4 is 0 Å². The Hall–Kier alpha value is -1.27. The minimum absolute atomic E-state index is 0.0316. The zero-order valence-electron chi connectivity index (χ0n) is 13.8. The summed E-state index contributed by atoms with van der Waals surface area (Å²) in [6, 6.07) is 7.31. The molecule has 24 heavy (non-hydrogen) atoms. The number of carbonyl (C=O) groups excluding carboxylic acids is 1. The monoisotopic (exact) mass is 334 g/mol. The molecule has 5 heteroatoms. The van der Waals surface area contributed by atoms with Gasteiger partial charge >= 0.3 is 0 Å². The van der Waals surface area contributed by atoms with Gasteiger partial charge in [-0.1, -0.05) is 37.1 Å². The minimum Gasteiger partial charge on any atom is -0.393 e. The first-order valence-electron chi connectivity index (χ1n) is 8.86. The van der Waals surface area contributed by atoms with Gasteiger partial charge < -0.3 is 20.1 Å². The number of aliphatic hydroxyl groups excluding tert-OH is 3. The average molecular weight is 334 g/mol. The predicted octanol–water partition coefficient (Wildman–Crippen LogP) is 2.34. The number of aliphatic hydroxyl groups is 3. The first-order chi connectivity index (χ1) is 11.5. The number of Topliss-reactive ketones (excluding diaryl/α,β-unsaturated/α-hetero) is 1. The van der Waals surface area contributed by atoms with Crippen LogP contribution in [0.4, 0.5) is 0 Å². The summed E-state index contributed by atoms with van der Waals surface area (Å²) in [4.78, 5) is 12.2. The van der Waals surface area contributed by atoms with E-state index < -0.39 is 18.5 Å². The summed E-state index contributed by atoms with van der Waals surface area (Å²) in [7, 11) is 0. The quantitative estimate of drug-likeness (QED) is 0.720. The molecule has 3 N–H and O–H groups in total. The molecule has 5 atom stereocenters. The van der Waals surface area contributed by atoms with Crippen molar-refractivity contribution in [2.45, 2.75) is 69.5 Å².